The van der Waals surface area contributed by atoms with Crippen LogP contribution in [0.25, 0.3) is 0 Å². The summed E-state index contributed by atoms with van der Waals surface area (Å²) in [6.07, 6.45) is -3.57. The summed E-state index contributed by atoms with van der Waals surface area (Å²) in [5.74, 6) is -2.11. The van der Waals surface area contributed by atoms with Gasteiger partial charge in [0.1, 0.15) is 0 Å². The lowest BCUT2D eigenvalue weighted by molar-refractivity contribution is -0.192. The minimum atomic E-state index is -5.08. The van der Waals surface area contributed by atoms with Crippen LogP contribution in [0.1, 0.15) is 21.3 Å². The molecule has 0 unspecified atom stereocenters. The van der Waals surface area contributed by atoms with Gasteiger partial charge in [-0.25, -0.2) is 9.78 Å². The number of carboxylic acids is 1. The van der Waals surface area contributed by atoms with E-state index >= 15 is 0 Å². The van der Waals surface area contributed by atoms with Crippen LogP contribution in [0.3, 0.4) is 0 Å². The minimum absolute atomic E-state index is 0.00663. The molecule has 0 aliphatic carbocycles. The van der Waals surface area contributed by atoms with Crippen molar-refractivity contribution in [1.29, 1.82) is 0 Å². The maximum absolute atomic E-state index is 12.2. The molecule has 0 spiro atoms. The molecule has 170 valence electrons. The fourth-order valence-electron chi connectivity index (χ4n) is 3.77. The Morgan fingerprint density at radius 1 is 1.45 bits per heavy atom. The lowest BCUT2D eigenvalue weighted by Crippen LogP contribution is -2.43. The Kier molecular flexibility index (Phi) is 7.02. The van der Waals surface area contributed by atoms with Gasteiger partial charge in [0.25, 0.3) is 5.91 Å². The summed E-state index contributed by atoms with van der Waals surface area (Å²) in [6.45, 7) is 6.90. The largest absolute Gasteiger partial charge is 0.490 e. The smallest absolute Gasteiger partial charge is 0.475 e. The summed E-state index contributed by atoms with van der Waals surface area (Å²) < 4.78 is 42.6. The molecule has 0 saturated carbocycles. The Labute approximate surface area is 180 Å². The van der Waals surface area contributed by atoms with Crippen molar-refractivity contribution in [3.05, 3.63) is 40.2 Å². The number of carbonyl (C=O) groups excluding carboxylic acids is 1. The van der Waals surface area contributed by atoms with Crippen LogP contribution in [-0.4, -0.2) is 65.9 Å². The Morgan fingerprint density at radius 2 is 2.19 bits per heavy atom. The van der Waals surface area contributed by atoms with Crippen molar-refractivity contribution in [2.45, 2.75) is 19.6 Å². The van der Waals surface area contributed by atoms with Crippen molar-refractivity contribution in [2.24, 2.45) is 11.3 Å². The highest BCUT2D eigenvalue weighted by molar-refractivity contribution is 7.09. The average Bonchev–Trinajstić information content (AvgIpc) is 3.44. The molecule has 31 heavy (non-hydrogen) atoms. The van der Waals surface area contributed by atoms with Gasteiger partial charge in [-0.15, -0.1) is 11.3 Å². The first-order chi connectivity index (χ1) is 14.6. The van der Waals surface area contributed by atoms with Crippen LogP contribution in [0.15, 0.2) is 28.2 Å². The van der Waals surface area contributed by atoms with Crippen LogP contribution in [0.5, 0.6) is 0 Å². The van der Waals surface area contributed by atoms with E-state index in [1.54, 1.807) is 23.5 Å². The number of hydrogen-bond donors (Lipinski definition) is 2. The average molecular weight is 461 g/mol. The third-order valence-electron chi connectivity index (χ3n) is 5.23. The number of amides is 1. The zero-order chi connectivity index (χ0) is 22.6. The van der Waals surface area contributed by atoms with E-state index < -0.39 is 12.1 Å². The number of furan rings is 1. The van der Waals surface area contributed by atoms with Crippen molar-refractivity contribution < 1.29 is 37.0 Å². The number of nitrogens with one attached hydrogen (secondary N) is 1. The number of nitrogens with zero attached hydrogens (tertiary/aromatic N) is 2. The van der Waals surface area contributed by atoms with Gasteiger partial charge in [0, 0.05) is 42.9 Å². The first kappa shape index (κ1) is 23.2. The molecule has 0 aromatic carbocycles. The van der Waals surface area contributed by atoms with Crippen molar-refractivity contribution in [2.75, 3.05) is 32.8 Å². The number of rotatable bonds is 5. The molecule has 12 heteroatoms. The number of aromatic nitrogens is 1. The lowest BCUT2D eigenvalue weighted by atomic mass is 9.81. The molecule has 2 aromatic rings. The van der Waals surface area contributed by atoms with Crippen molar-refractivity contribution in [3.8, 4) is 0 Å². The lowest BCUT2D eigenvalue weighted by Gasteiger charge is -2.27. The number of thiazole rings is 1. The quantitative estimate of drug-likeness (QED) is 0.705. The maximum atomic E-state index is 12.2. The monoisotopic (exact) mass is 461 g/mol. The third kappa shape index (κ3) is 5.83. The van der Waals surface area contributed by atoms with Crippen LogP contribution in [0, 0.1) is 18.3 Å². The normalized spacial score (nSPS) is 23.2. The second kappa shape index (κ2) is 9.37. The van der Waals surface area contributed by atoms with Crippen molar-refractivity contribution in [3.63, 3.8) is 0 Å². The predicted octanol–water partition coefficient (Wildman–Crippen LogP) is 2.56. The zero-order valence-corrected chi connectivity index (χ0v) is 17.5. The molecule has 0 radical (unpaired) electrons. The summed E-state index contributed by atoms with van der Waals surface area (Å²) in [5.41, 5.74) is 1.13. The van der Waals surface area contributed by atoms with Crippen LogP contribution in [0.2, 0.25) is 0 Å². The molecule has 2 aromatic heterocycles. The molecule has 2 N–H and O–H groups in total. The predicted molar refractivity (Wildman–Crippen MR) is 104 cm³/mol. The number of likely N-dealkylation sites (tertiary alicyclic amines) is 1. The van der Waals surface area contributed by atoms with Crippen LogP contribution in [-0.2, 0) is 16.1 Å². The van der Waals surface area contributed by atoms with Crippen LogP contribution < -0.4 is 5.32 Å². The standard InChI is InChI=1S/C17H21N3O3S.C2HF3O2/c1-12-19-14(8-24-12)6-20-5-13-7-22-11-17(13,10-20)9-18-16(21)15-3-2-4-23-15;3-2(4,5)1(6)7/h2-4,8,13H,5-7,9-11H2,1H3,(H,18,21);(H,6,7)/t13-,17+;/m1./s1. The van der Waals surface area contributed by atoms with Gasteiger partial charge >= 0.3 is 12.1 Å². The number of aryl methyl sites for hydroxylation is 1. The molecular formula is C19H22F3N3O5S. The highest BCUT2D eigenvalue weighted by Crippen LogP contribution is 2.41. The summed E-state index contributed by atoms with van der Waals surface area (Å²) >= 11 is 1.69. The molecule has 2 aliphatic rings. The van der Waals surface area contributed by atoms with Gasteiger partial charge in [0.05, 0.1) is 30.2 Å². The molecular weight excluding hydrogens is 439 g/mol. The van der Waals surface area contributed by atoms with Gasteiger partial charge in [-0.2, -0.15) is 13.2 Å². The van der Waals surface area contributed by atoms with E-state index in [1.807, 2.05) is 6.92 Å². The number of fused-ring (bicyclic) bond motifs is 1. The fraction of sp³-hybridized carbons (Fsp3) is 0.526. The highest BCUT2D eigenvalue weighted by atomic mass is 32.1. The molecule has 1 amide bonds. The molecule has 2 atom stereocenters. The van der Waals surface area contributed by atoms with Crippen molar-refractivity contribution in [1.82, 2.24) is 15.2 Å². The van der Waals surface area contributed by atoms with E-state index in [0.29, 0.717) is 24.8 Å². The molecule has 2 saturated heterocycles. The van der Waals surface area contributed by atoms with E-state index in [1.165, 1.54) is 6.26 Å². The Bertz CT molecular complexity index is 902. The van der Waals surface area contributed by atoms with Gasteiger partial charge in [0.15, 0.2) is 5.76 Å². The second-order valence-corrected chi connectivity index (χ2v) is 8.63. The minimum Gasteiger partial charge on any atom is -0.475 e. The molecule has 4 heterocycles. The van der Waals surface area contributed by atoms with Gasteiger partial charge in [-0.1, -0.05) is 0 Å². The first-order valence-electron chi connectivity index (χ1n) is 9.42. The van der Waals surface area contributed by atoms with E-state index in [4.69, 9.17) is 19.1 Å². The molecule has 2 fully saturated rings. The number of carbonyl (C=O) groups is 2. The summed E-state index contributed by atoms with van der Waals surface area (Å²) in [7, 11) is 0. The Balaban J connectivity index is 0.000000339. The van der Waals surface area contributed by atoms with E-state index in [-0.39, 0.29) is 11.3 Å². The number of halogens is 3. The number of carboxylic acid groups (broad SMARTS) is 1. The molecule has 0 bridgehead atoms. The number of hydrogen-bond acceptors (Lipinski definition) is 7. The Morgan fingerprint density at radius 3 is 2.77 bits per heavy atom. The number of aliphatic carboxylic acids is 1. The molecule has 8 nitrogen and oxygen atoms in total. The van der Waals surface area contributed by atoms with Gasteiger partial charge in [0.2, 0.25) is 0 Å². The summed E-state index contributed by atoms with van der Waals surface area (Å²) in [4.78, 5) is 28.0. The molecule has 4 rings (SSSR count). The third-order valence-corrected chi connectivity index (χ3v) is 6.05. The fourth-order valence-corrected chi connectivity index (χ4v) is 4.38. The van der Waals surface area contributed by atoms with Gasteiger partial charge < -0.3 is 19.6 Å². The second-order valence-electron chi connectivity index (χ2n) is 7.56. The summed E-state index contributed by atoms with van der Waals surface area (Å²) in [6, 6.07) is 3.41. The van der Waals surface area contributed by atoms with Gasteiger partial charge in [-0.05, 0) is 19.1 Å². The van der Waals surface area contributed by atoms with Crippen LogP contribution >= 0.6 is 11.3 Å². The number of alkyl halides is 3. The van der Waals surface area contributed by atoms with Gasteiger partial charge in [-0.3, -0.25) is 9.69 Å². The van der Waals surface area contributed by atoms with E-state index in [0.717, 1.165) is 36.9 Å². The SMILES string of the molecule is Cc1nc(CN2C[C@@H]3COC[C@]3(CNC(=O)c3ccco3)C2)cs1.O=C(O)C(F)(F)F. The number of ether oxygens (including phenoxy) is 1. The van der Waals surface area contributed by atoms with Crippen molar-refractivity contribution >= 4 is 23.2 Å². The van der Waals surface area contributed by atoms with Crippen LogP contribution in [0.4, 0.5) is 13.2 Å². The Hall–Kier alpha value is -2.44. The zero-order valence-electron chi connectivity index (χ0n) is 16.6. The van der Waals surface area contributed by atoms with E-state index in [9.17, 15) is 18.0 Å². The maximum Gasteiger partial charge on any atom is 0.490 e. The topological polar surface area (TPSA) is 105 Å². The first-order valence-corrected chi connectivity index (χ1v) is 10.3. The highest BCUT2D eigenvalue weighted by Gasteiger charge is 2.50. The molecule has 2 aliphatic heterocycles. The van der Waals surface area contributed by atoms with E-state index in [2.05, 4.69) is 20.6 Å². The summed E-state index contributed by atoms with van der Waals surface area (Å²) in [5, 5.41) is 13.4.